The monoisotopic (exact) mass is 257 g/mol. The highest BCUT2D eigenvalue weighted by Crippen LogP contribution is 2.51. The maximum atomic E-state index is 12.3. The summed E-state index contributed by atoms with van der Waals surface area (Å²) in [5.74, 6) is 3.00. The molecule has 92 valence electrons. The van der Waals surface area contributed by atoms with Gasteiger partial charge in [-0.2, -0.15) is 11.8 Å². The van der Waals surface area contributed by atoms with E-state index in [9.17, 15) is 4.79 Å². The third kappa shape index (κ3) is 1.61. The second-order valence-electron chi connectivity index (χ2n) is 5.26. The van der Waals surface area contributed by atoms with Crippen LogP contribution in [-0.4, -0.2) is 23.5 Å². The molecule has 0 radical (unpaired) electrons. The van der Waals surface area contributed by atoms with Gasteiger partial charge in [-0.25, -0.2) is 0 Å². The van der Waals surface area contributed by atoms with E-state index in [2.05, 4.69) is 23.5 Å². The van der Waals surface area contributed by atoms with E-state index < -0.39 is 0 Å². The minimum Gasteiger partial charge on any atom is -0.349 e. The van der Waals surface area contributed by atoms with E-state index in [0.29, 0.717) is 12.0 Å². The third-order valence-corrected chi connectivity index (χ3v) is 5.14. The fourth-order valence-electron chi connectivity index (χ4n) is 2.96. The van der Waals surface area contributed by atoms with Crippen LogP contribution in [0, 0.1) is 5.92 Å². The van der Waals surface area contributed by atoms with Gasteiger partial charge >= 0.3 is 0 Å². The standard InChI is InChI=1S/C15H15NOS/c17-15(16-10-3-5-18-6-4-10)12-2-1-11-13-7-9(13)8-14(11)12/h1-2,7-8,10,13H,3-6H2,(H,16,17). The van der Waals surface area contributed by atoms with Crippen LogP contribution in [0.4, 0.5) is 0 Å². The summed E-state index contributed by atoms with van der Waals surface area (Å²) in [5.41, 5.74) is 4.76. The van der Waals surface area contributed by atoms with Gasteiger partial charge in [0.2, 0.25) is 0 Å². The van der Waals surface area contributed by atoms with Crippen LogP contribution in [-0.2, 0) is 4.79 Å². The number of carbonyl (C=O) groups excluding carboxylic acids is 1. The number of nitrogens with one attached hydrogen (secondary N) is 1. The van der Waals surface area contributed by atoms with Gasteiger partial charge in [0, 0.05) is 17.5 Å². The summed E-state index contributed by atoms with van der Waals surface area (Å²) in [4.78, 5) is 12.3. The zero-order valence-corrected chi connectivity index (χ0v) is 10.9. The number of allylic oxidation sites excluding steroid dienone is 6. The first-order valence-corrected chi connectivity index (χ1v) is 7.73. The summed E-state index contributed by atoms with van der Waals surface area (Å²) < 4.78 is 0. The second-order valence-corrected chi connectivity index (χ2v) is 6.49. The lowest BCUT2D eigenvalue weighted by Crippen LogP contribution is -2.38. The first-order chi connectivity index (χ1) is 8.83. The van der Waals surface area contributed by atoms with Crippen LogP contribution in [0.1, 0.15) is 12.8 Å². The molecule has 4 rings (SSSR count). The molecule has 0 aromatic carbocycles. The number of thioether (sulfide) groups is 1. The average Bonchev–Trinajstić information content (AvgIpc) is 2.86. The lowest BCUT2D eigenvalue weighted by Gasteiger charge is -2.23. The van der Waals surface area contributed by atoms with Crippen molar-refractivity contribution in [2.45, 2.75) is 18.9 Å². The number of hydrogen-bond acceptors (Lipinski definition) is 2. The molecule has 3 aliphatic carbocycles. The predicted octanol–water partition coefficient (Wildman–Crippen LogP) is 2.36. The molecule has 1 atom stereocenters. The zero-order chi connectivity index (χ0) is 12.1. The highest BCUT2D eigenvalue weighted by Gasteiger charge is 2.39. The average molecular weight is 257 g/mol. The summed E-state index contributed by atoms with van der Waals surface area (Å²) in [6, 6.07) is 0.374. The molecule has 0 spiro atoms. The summed E-state index contributed by atoms with van der Waals surface area (Å²) in [5, 5.41) is 3.19. The Kier molecular flexibility index (Phi) is 2.31. The smallest absolute Gasteiger partial charge is 0.252 e. The van der Waals surface area contributed by atoms with Crippen LogP contribution < -0.4 is 5.32 Å². The summed E-state index contributed by atoms with van der Waals surface area (Å²) >= 11 is 1.98. The maximum absolute atomic E-state index is 12.3. The Morgan fingerprint density at radius 1 is 1.28 bits per heavy atom. The van der Waals surface area contributed by atoms with Gasteiger partial charge in [0.1, 0.15) is 0 Å². The van der Waals surface area contributed by atoms with Gasteiger partial charge in [0.05, 0.1) is 0 Å². The largest absolute Gasteiger partial charge is 0.349 e. The maximum Gasteiger partial charge on any atom is 0.252 e. The van der Waals surface area contributed by atoms with E-state index in [1.807, 2.05) is 17.8 Å². The van der Waals surface area contributed by atoms with Crippen molar-refractivity contribution in [2.75, 3.05) is 11.5 Å². The van der Waals surface area contributed by atoms with E-state index >= 15 is 0 Å². The van der Waals surface area contributed by atoms with Gasteiger partial charge in [-0.3, -0.25) is 4.79 Å². The molecule has 2 nitrogen and oxygen atoms in total. The van der Waals surface area contributed by atoms with Crippen molar-refractivity contribution in [3.05, 3.63) is 46.6 Å². The van der Waals surface area contributed by atoms with Crippen LogP contribution >= 0.6 is 11.8 Å². The molecule has 1 N–H and O–H groups in total. The van der Waals surface area contributed by atoms with Crippen LogP contribution in [0.25, 0.3) is 0 Å². The first kappa shape index (κ1) is 10.7. The lowest BCUT2D eigenvalue weighted by atomic mass is 10.0. The van der Waals surface area contributed by atoms with Crippen LogP contribution in [0.2, 0.25) is 0 Å². The topological polar surface area (TPSA) is 29.1 Å². The molecule has 4 aliphatic rings. The van der Waals surface area contributed by atoms with Crippen LogP contribution in [0.15, 0.2) is 46.6 Å². The van der Waals surface area contributed by atoms with Crippen molar-refractivity contribution in [3.63, 3.8) is 0 Å². The van der Waals surface area contributed by atoms with E-state index in [4.69, 9.17) is 0 Å². The highest BCUT2D eigenvalue weighted by molar-refractivity contribution is 7.99. The number of rotatable bonds is 2. The van der Waals surface area contributed by atoms with Gasteiger partial charge in [0.25, 0.3) is 5.91 Å². The molecule has 1 fully saturated rings. The Hall–Kier alpha value is -1.22. The fraction of sp³-hybridized carbons (Fsp3) is 0.400. The molecule has 0 bridgehead atoms. The van der Waals surface area contributed by atoms with Crippen molar-refractivity contribution in [3.8, 4) is 0 Å². The minimum atomic E-state index is 0.117. The first-order valence-electron chi connectivity index (χ1n) is 6.57. The molecular formula is C15H15NOS. The van der Waals surface area contributed by atoms with Gasteiger partial charge in [0.15, 0.2) is 0 Å². The molecule has 18 heavy (non-hydrogen) atoms. The third-order valence-electron chi connectivity index (χ3n) is 4.09. The molecule has 1 unspecified atom stereocenters. The Morgan fingerprint density at radius 2 is 2.11 bits per heavy atom. The Bertz CT molecular complexity index is 547. The van der Waals surface area contributed by atoms with Crippen LogP contribution in [0.3, 0.4) is 0 Å². The van der Waals surface area contributed by atoms with Crippen molar-refractivity contribution < 1.29 is 4.79 Å². The normalized spacial score (nSPS) is 28.8. The van der Waals surface area contributed by atoms with E-state index in [1.165, 1.54) is 28.2 Å². The summed E-state index contributed by atoms with van der Waals surface area (Å²) in [7, 11) is 0. The predicted molar refractivity (Wildman–Crippen MR) is 74.3 cm³/mol. The van der Waals surface area contributed by atoms with Gasteiger partial charge in [-0.05, 0) is 53.2 Å². The Labute approximate surface area is 111 Å². The molecule has 1 heterocycles. The second kappa shape index (κ2) is 3.89. The molecule has 3 heteroatoms. The minimum absolute atomic E-state index is 0.117. The van der Waals surface area contributed by atoms with Crippen molar-refractivity contribution >= 4 is 17.7 Å². The van der Waals surface area contributed by atoms with Gasteiger partial charge in [-0.1, -0.05) is 12.2 Å². The van der Waals surface area contributed by atoms with Gasteiger partial charge in [-0.15, -0.1) is 0 Å². The Balaban J connectivity index is 1.46. The lowest BCUT2D eigenvalue weighted by molar-refractivity contribution is -0.117. The molecule has 1 saturated heterocycles. The number of amides is 1. The molecule has 0 aromatic heterocycles. The highest BCUT2D eigenvalue weighted by atomic mass is 32.2. The van der Waals surface area contributed by atoms with Gasteiger partial charge < -0.3 is 5.32 Å². The van der Waals surface area contributed by atoms with Crippen molar-refractivity contribution in [2.24, 2.45) is 5.92 Å². The van der Waals surface area contributed by atoms with E-state index in [1.54, 1.807) is 0 Å². The summed E-state index contributed by atoms with van der Waals surface area (Å²) in [6.45, 7) is 0. The number of fused-ring (bicyclic) bond motifs is 3. The van der Waals surface area contributed by atoms with Crippen LogP contribution in [0.5, 0.6) is 0 Å². The number of hydrogen-bond donors (Lipinski definition) is 1. The fourth-order valence-corrected chi connectivity index (χ4v) is 4.07. The quantitative estimate of drug-likeness (QED) is 0.823. The van der Waals surface area contributed by atoms with E-state index in [0.717, 1.165) is 18.4 Å². The zero-order valence-electron chi connectivity index (χ0n) is 10.1. The SMILES string of the molecule is O=C(NC1CCSCC1)C1=CC=C2C1=CC1=CC12. The molecule has 1 amide bonds. The van der Waals surface area contributed by atoms with Crippen molar-refractivity contribution in [1.82, 2.24) is 5.32 Å². The summed E-state index contributed by atoms with van der Waals surface area (Å²) in [6.07, 6.45) is 10.7. The molecule has 1 aliphatic heterocycles. The van der Waals surface area contributed by atoms with Crippen molar-refractivity contribution in [1.29, 1.82) is 0 Å². The molecule has 0 saturated carbocycles. The van der Waals surface area contributed by atoms with E-state index in [-0.39, 0.29) is 5.91 Å². The molecule has 0 aromatic rings. The molecular weight excluding hydrogens is 242 g/mol. The number of carbonyl (C=O) groups is 1. The Morgan fingerprint density at radius 3 is 2.94 bits per heavy atom.